The Labute approximate surface area is 267 Å². The number of carbonyl (C=O) groups is 6. The van der Waals surface area contributed by atoms with Crippen LogP contribution >= 0.6 is 0 Å². The highest BCUT2D eigenvalue weighted by atomic mass is 16.6. The van der Waals surface area contributed by atoms with Crippen molar-refractivity contribution in [2.24, 2.45) is 23.7 Å². The fourth-order valence-electron chi connectivity index (χ4n) is 6.31. The zero-order valence-electron chi connectivity index (χ0n) is 28.0. The molecule has 2 rings (SSSR count). The minimum atomic E-state index is -1.37. The highest BCUT2D eigenvalue weighted by Crippen LogP contribution is 2.31. The maximum atomic E-state index is 13.9. The number of carbonyl (C=O) groups excluding carboxylic acids is 5. The van der Waals surface area contributed by atoms with E-state index in [1.807, 2.05) is 13.8 Å². The molecule has 2 aliphatic carbocycles. The molecule has 0 heterocycles. The average molecular weight is 637 g/mol. The van der Waals surface area contributed by atoms with Gasteiger partial charge in [-0.15, -0.1) is 0 Å². The average Bonchev–Trinajstić information content (AvgIpc) is 2.95. The molecule has 5 N–H and O–H groups in total. The summed E-state index contributed by atoms with van der Waals surface area (Å²) in [5.74, 6) is -5.29. The standard InChI is InChI=1S/C33H56N4O8/c1-7-34-29(40)24(17-20(2)3)36-31(42)26(19-27(38)45-33(4,5)6)37-30(41)25(18-21-13-9-8-10-14-21)35-28(39)22-15-11-12-16-23(22)32(43)44/h20-26H,7-19H2,1-6H3,(H,34,40)(H,35,39)(H,36,42)(H,37,41)(H,43,44)/t22?,23?,24?,25-,26-/m0/s1. The summed E-state index contributed by atoms with van der Waals surface area (Å²) in [5, 5.41) is 20.7. The molecule has 0 saturated heterocycles. The molecule has 12 nitrogen and oxygen atoms in total. The first kappa shape index (κ1) is 38.0. The van der Waals surface area contributed by atoms with Crippen LogP contribution in [0.15, 0.2) is 0 Å². The van der Waals surface area contributed by atoms with Crippen LogP contribution in [0.3, 0.4) is 0 Å². The Hall–Kier alpha value is -3.18. The lowest BCUT2D eigenvalue weighted by molar-refractivity contribution is -0.156. The number of hydrogen-bond donors (Lipinski definition) is 5. The van der Waals surface area contributed by atoms with E-state index in [4.69, 9.17) is 4.74 Å². The van der Waals surface area contributed by atoms with Crippen molar-refractivity contribution in [3.05, 3.63) is 0 Å². The maximum Gasteiger partial charge on any atom is 0.308 e. The van der Waals surface area contributed by atoms with E-state index in [-0.39, 0.29) is 17.7 Å². The fraction of sp³-hybridized carbons (Fsp3) is 0.818. The maximum absolute atomic E-state index is 13.9. The first-order valence-electron chi connectivity index (χ1n) is 16.7. The molecule has 0 aliphatic heterocycles. The van der Waals surface area contributed by atoms with Gasteiger partial charge in [0.05, 0.1) is 18.3 Å². The third-order valence-electron chi connectivity index (χ3n) is 8.46. The SMILES string of the molecule is CCNC(=O)C(CC(C)C)NC(=O)[C@H](CC(=O)OC(C)(C)C)NC(=O)[C@H](CC1CCCCC1)NC(=O)C1CCCCC1C(=O)O. The summed E-state index contributed by atoms with van der Waals surface area (Å²) in [6.07, 6.45) is 7.37. The molecule has 2 fully saturated rings. The van der Waals surface area contributed by atoms with Crippen LogP contribution < -0.4 is 21.3 Å². The molecule has 256 valence electrons. The van der Waals surface area contributed by atoms with E-state index in [0.717, 1.165) is 44.9 Å². The van der Waals surface area contributed by atoms with Crippen molar-refractivity contribution >= 4 is 35.6 Å². The first-order valence-corrected chi connectivity index (χ1v) is 16.7. The van der Waals surface area contributed by atoms with E-state index in [9.17, 15) is 33.9 Å². The molecule has 4 amide bonds. The van der Waals surface area contributed by atoms with E-state index in [1.165, 1.54) is 0 Å². The Morgan fingerprint density at radius 1 is 0.756 bits per heavy atom. The molecule has 5 atom stereocenters. The summed E-state index contributed by atoms with van der Waals surface area (Å²) < 4.78 is 5.44. The summed E-state index contributed by atoms with van der Waals surface area (Å²) >= 11 is 0. The van der Waals surface area contributed by atoms with Crippen LogP contribution in [0.25, 0.3) is 0 Å². The van der Waals surface area contributed by atoms with Gasteiger partial charge in [0.25, 0.3) is 0 Å². The quantitative estimate of drug-likeness (QED) is 0.170. The molecule has 2 aliphatic rings. The van der Waals surface area contributed by atoms with Crippen molar-refractivity contribution in [3.63, 3.8) is 0 Å². The van der Waals surface area contributed by atoms with Gasteiger partial charge in [0.15, 0.2) is 0 Å². The Bertz CT molecular complexity index is 1030. The largest absolute Gasteiger partial charge is 0.481 e. The molecule has 3 unspecified atom stereocenters. The minimum Gasteiger partial charge on any atom is -0.481 e. The second-order valence-corrected chi connectivity index (χ2v) is 14.1. The zero-order chi connectivity index (χ0) is 33.7. The number of esters is 1. The van der Waals surface area contributed by atoms with Gasteiger partial charge in [-0.25, -0.2) is 0 Å². The number of carboxylic acids is 1. The number of carboxylic acid groups (broad SMARTS) is 1. The number of likely N-dealkylation sites (N-methyl/N-ethyl adjacent to an activating group) is 1. The number of ether oxygens (including phenoxy) is 1. The molecule has 0 aromatic rings. The molecule has 0 aromatic carbocycles. The predicted octanol–water partition coefficient (Wildman–Crippen LogP) is 3.22. The monoisotopic (exact) mass is 636 g/mol. The highest BCUT2D eigenvalue weighted by molar-refractivity contribution is 5.96. The zero-order valence-corrected chi connectivity index (χ0v) is 28.0. The van der Waals surface area contributed by atoms with Crippen molar-refractivity contribution in [2.45, 2.75) is 142 Å². The molecule has 0 aromatic heterocycles. The van der Waals surface area contributed by atoms with E-state index < -0.39 is 71.6 Å². The molecule has 12 heteroatoms. The Balaban J connectivity index is 2.33. The lowest BCUT2D eigenvalue weighted by Crippen LogP contribution is -2.58. The van der Waals surface area contributed by atoms with E-state index in [0.29, 0.717) is 32.2 Å². The third kappa shape index (κ3) is 13.4. The highest BCUT2D eigenvalue weighted by Gasteiger charge is 2.39. The normalized spacial score (nSPS) is 21.1. The summed E-state index contributed by atoms with van der Waals surface area (Å²) in [6, 6.07) is -3.28. The number of aliphatic carboxylic acids is 1. The van der Waals surface area contributed by atoms with Gasteiger partial charge in [-0.1, -0.05) is 58.8 Å². The van der Waals surface area contributed by atoms with Gasteiger partial charge in [-0.05, 0) is 65.2 Å². The number of rotatable bonds is 15. The minimum absolute atomic E-state index is 0.0707. The Morgan fingerprint density at radius 2 is 1.31 bits per heavy atom. The second-order valence-electron chi connectivity index (χ2n) is 14.1. The molecule has 0 bridgehead atoms. The lowest BCUT2D eigenvalue weighted by atomic mass is 9.78. The molecule has 2 saturated carbocycles. The lowest BCUT2D eigenvalue weighted by Gasteiger charge is -2.32. The number of amides is 4. The van der Waals surface area contributed by atoms with E-state index in [2.05, 4.69) is 21.3 Å². The molecular weight excluding hydrogens is 580 g/mol. The van der Waals surface area contributed by atoms with Crippen molar-refractivity contribution < 1.29 is 38.6 Å². The Morgan fingerprint density at radius 3 is 1.87 bits per heavy atom. The van der Waals surface area contributed by atoms with Crippen LogP contribution in [0.1, 0.15) is 119 Å². The smallest absolute Gasteiger partial charge is 0.308 e. The number of nitrogens with one attached hydrogen (secondary N) is 4. The van der Waals surface area contributed by atoms with Crippen LogP contribution in [0.5, 0.6) is 0 Å². The van der Waals surface area contributed by atoms with Crippen LogP contribution in [0.2, 0.25) is 0 Å². The van der Waals surface area contributed by atoms with Gasteiger partial charge >= 0.3 is 11.9 Å². The molecule has 0 spiro atoms. The third-order valence-corrected chi connectivity index (χ3v) is 8.46. The van der Waals surface area contributed by atoms with E-state index in [1.54, 1.807) is 27.7 Å². The van der Waals surface area contributed by atoms with Crippen molar-refractivity contribution in [1.82, 2.24) is 21.3 Å². The van der Waals surface area contributed by atoms with E-state index >= 15 is 0 Å². The summed E-state index contributed by atoms with van der Waals surface area (Å²) in [6.45, 7) is 11.0. The van der Waals surface area contributed by atoms with Crippen molar-refractivity contribution in [3.8, 4) is 0 Å². The van der Waals surface area contributed by atoms with Gasteiger partial charge in [0, 0.05) is 6.54 Å². The van der Waals surface area contributed by atoms with Crippen LogP contribution in [-0.2, 0) is 33.5 Å². The van der Waals surface area contributed by atoms with Gasteiger partial charge in [0.2, 0.25) is 23.6 Å². The van der Waals surface area contributed by atoms with Crippen molar-refractivity contribution in [2.75, 3.05) is 6.54 Å². The van der Waals surface area contributed by atoms with Gasteiger partial charge in [-0.2, -0.15) is 0 Å². The Kier molecular flexibility index (Phi) is 15.3. The summed E-state index contributed by atoms with van der Waals surface area (Å²) in [5.41, 5.74) is -0.832. The van der Waals surface area contributed by atoms with Gasteiger partial charge in [-0.3, -0.25) is 28.8 Å². The molecule has 45 heavy (non-hydrogen) atoms. The van der Waals surface area contributed by atoms with Crippen molar-refractivity contribution in [1.29, 1.82) is 0 Å². The predicted molar refractivity (Wildman–Crippen MR) is 169 cm³/mol. The number of hydrogen-bond acceptors (Lipinski definition) is 7. The second kappa shape index (κ2) is 18.1. The van der Waals surface area contributed by atoms with Crippen LogP contribution in [0, 0.1) is 23.7 Å². The van der Waals surface area contributed by atoms with Gasteiger partial charge < -0.3 is 31.1 Å². The summed E-state index contributed by atoms with van der Waals surface area (Å²) in [4.78, 5) is 78.5. The summed E-state index contributed by atoms with van der Waals surface area (Å²) in [7, 11) is 0. The molecule has 0 radical (unpaired) electrons. The van der Waals surface area contributed by atoms with Gasteiger partial charge in [0.1, 0.15) is 23.7 Å². The van der Waals surface area contributed by atoms with Crippen LogP contribution in [0.4, 0.5) is 0 Å². The molecular formula is C33H56N4O8. The first-order chi connectivity index (χ1) is 21.1. The fourth-order valence-corrected chi connectivity index (χ4v) is 6.31. The topological polar surface area (TPSA) is 180 Å². The van der Waals surface area contributed by atoms with Crippen LogP contribution in [-0.4, -0.2) is 70.9 Å².